The van der Waals surface area contributed by atoms with Crippen LogP contribution in [0.1, 0.15) is 11.1 Å². The van der Waals surface area contributed by atoms with Gasteiger partial charge in [-0.2, -0.15) is 5.26 Å². The predicted octanol–water partition coefficient (Wildman–Crippen LogP) is 1.64. The summed E-state index contributed by atoms with van der Waals surface area (Å²) >= 11 is 0. The summed E-state index contributed by atoms with van der Waals surface area (Å²) in [5.74, 6) is 0.187. The molecular formula is C13H12N4O2S. The fraction of sp³-hybridized carbons (Fsp3) is 0.0769. The molecule has 0 aliphatic heterocycles. The number of hydrogen-bond donors (Lipinski definition) is 2. The van der Waals surface area contributed by atoms with Gasteiger partial charge in [0, 0.05) is 0 Å². The number of nitrogens with zero attached hydrogens (tertiary/aromatic N) is 2. The molecule has 0 radical (unpaired) electrons. The second-order valence-electron chi connectivity index (χ2n) is 4.15. The molecule has 0 saturated heterocycles. The number of nitriles is 1. The number of nitrogens with two attached hydrogens (primary N) is 1. The average molecular weight is 288 g/mol. The van der Waals surface area contributed by atoms with Crippen LogP contribution in [0.5, 0.6) is 0 Å². The van der Waals surface area contributed by atoms with Gasteiger partial charge in [-0.3, -0.25) is 4.72 Å². The molecule has 1 aromatic carbocycles. The van der Waals surface area contributed by atoms with Crippen molar-refractivity contribution in [1.29, 1.82) is 5.26 Å². The van der Waals surface area contributed by atoms with Crippen molar-refractivity contribution in [2.24, 2.45) is 0 Å². The fourth-order valence-electron chi connectivity index (χ4n) is 1.68. The highest BCUT2D eigenvalue weighted by molar-refractivity contribution is 7.92. The molecule has 20 heavy (non-hydrogen) atoms. The number of hydrogen-bond acceptors (Lipinski definition) is 5. The molecule has 1 heterocycles. The maximum Gasteiger partial charge on any atom is 0.264 e. The van der Waals surface area contributed by atoms with Crippen LogP contribution in [-0.4, -0.2) is 13.4 Å². The molecule has 0 saturated carbocycles. The van der Waals surface area contributed by atoms with Crippen LogP contribution in [0.2, 0.25) is 0 Å². The standard InChI is InChI=1S/C13H12N4O2S/c1-9-6-11(15)8-16-13(9)17-20(18,19)12-5-3-2-4-10(12)7-14/h2-6,8H,15H2,1H3,(H,16,17). The van der Waals surface area contributed by atoms with Crippen LogP contribution < -0.4 is 10.5 Å². The van der Waals surface area contributed by atoms with Crippen molar-refractivity contribution in [2.45, 2.75) is 11.8 Å². The number of nitrogen functional groups attached to an aromatic ring is 1. The van der Waals surface area contributed by atoms with E-state index in [1.807, 2.05) is 6.07 Å². The van der Waals surface area contributed by atoms with Crippen molar-refractivity contribution in [1.82, 2.24) is 4.98 Å². The van der Waals surface area contributed by atoms with Gasteiger partial charge in [0.25, 0.3) is 10.0 Å². The van der Waals surface area contributed by atoms with Crippen molar-refractivity contribution in [3.8, 4) is 6.07 Å². The van der Waals surface area contributed by atoms with E-state index in [0.29, 0.717) is 11.3 Å². The number of nitrogens with one attached hydrogen (secondary N) is 1. The first-order valence-corrected chi connectivity index (χ1v) is 7.16. The van der Waals surface area contributed by atoms with Crippen LogP contribution >= 0.6 is 0 Å². The first-order chi connectivity index (χ1) is 9.44. The Morgan fingerprint density at radius 3 is 2.70 bits per heavy atom. The van der Waals surface area contributed by atoms with E-state index >= 15 is 0 Å². The minimum absolute atomic E-state index is 0.0769. The molecule has 2 aromatic rings. The quantitative estimate of drug-likeness (QED) is 0.892. The lowest BCUT2D eigenvalue weighted by Crippen LogP contribution is -2.16. The molecule has 3 N–H and O–H groups in total. The van der Waals surface area contributed by atoms with Gasteiger partial charge in [0.05, 0.1) is 17.4 Å². The molecule has 0 bridgehead atoms. The van der Waals surface area contributed by atoms with E-state index in [-0.39, 0.29) is 16.3 Å². The van der Waals surface area contributed by atoms with E-state index in [1.54, 1.807) is 25.1 Å². The zero-order valence-electron chi connectivity index (χ0n) is 10.7. The number of aryl methyl sites for hydroxylation is 1. The highest BCUT2D eigenvalue weighted by atomic mass is 32.2. The lowest BCUT2D eigenvalue weighted by molar-refractivity contribution is 0.600. The van der Waals surface area contributed by atoms with Crippen LogP contribution in [0, 0.1) is 18.3 Å². The van der Waals surface area contributed by atoms with E-state index < -0.39 is 10.0 Å². The monoisotopic (exact) mass is 288 g/mol. The zero-order valence-corrected chi connectivity index (χ0v) is 11.5. The van der Waals surface area contributed by atoms with Gasteiger partial charge in [0.2, 0.25) is 0 Å². The van der Waals surface area contributed by atoms with Crippen molar-refractivity contribution >= 4 is 21.5 Å². The van der Waals surface area contributed by atoms with E-state index in [4.69, 9.17) is 11.0 Å². The number of anilines is 2. The van der Waals surface area contributed by atoms with Crippen LogP contribution in [0.3, 0.4) is 0 Å². The third-order valence-corrected chi connectivity index (χ3v) is 4.02. The smallest absolute Gasteiger partial charge is 0.264 e. The highest BCUT2D eigenvalue weighted by Gasteiger charge is 2.19. The normalized spacial score (nSPS) is 10.8. The molecular weight excluding hydrogens is 276 g/mol. The molecule has 0 unspecified atom stereocenters. The molecule has 7 heteroatoms. The molecule has 0 fully saturated rings. The Morgan fingerprint density at radius 2 is 2.05 bits per heavy atom. The summed E-state index contributed by atoms with van der Waals surface area (Å²) in [4.78, 5) is 3.86. The van der Waals surface area contributed by atoms with Crippen molar-refractivity contribution < 1.29 is 8.42 Å². The minimum Gasteiger partial charge on any atom is -0.397 e. The number of pyridine rings is 1. The molecule has 0 aliphatic rings. The number of sulfonamides is 1. The molecule has 0 spiro atoms. The largest absolute Gasteiger partial charge is 0.397 e. The first-order valence-electron chi connectivity index (χ1n) is 5.68. The number of rotatable bonds is 3. The van der Waals surface area contributed by atoms with Gasteiger partial charge in [-0.15, -0.1) is 0 Å². The van der Waals surface area contributed by atoms with Crippen LogP contribution in [-0.2, 0) is 10.0 Å². The van der Waals surface area contributed by atoms with Gasteiger partial charge < -0.3 is 5.73 Å². The van der Waals surface area contributed by atoms with Gasteiger partial charge in [-0.25, -0.2) is 13.4 Å². The van der Waals surface area contributed by atoms with Gasteiger partial charge in [0.1, 0.15) is 16.8 Å². The Balaban J connectivity index is 2.44. The summed E-state index contributed by atoms with van der Waals surface area (Å²) in [7, 11) is -3.87. The molecule has 0 amide bonds. The van der Waals surface area contributed by atoms with Gasteiger partial charge >= 0.3 is 0 Å². The summed E-state index contributed by atoms with van der Waals surface area (Å²) < 4.78 is 26.9. The summed E-state index contributed by atoms with van der Waals surface area (Å²) in [6, 6.07) is 9.43. The van der Waals surface area contributed by atoms with Gasteiger partial charge in [0.15, 0.2) is 0 Å². The third kappa shape index (κ3) is 2.70. The van der Waals surface area contributed by atoms with E-state index in [0.717, 1.165) is 0 Å². The number of benzene rings is 1. The average Bonchev–Trinajstić information content (AvgIpc) is 2.42. The minimum atomic E-state index is -3.87. The van der Waals surface area contributed by atoms with Crippen LogP contribution in [0.4, 0.5) is 11.5 Å². The third-order valence-electron chi connectivity index (χ3n) is 2.63. The summed E-state index contributed by atoms with van der Waals surface area (Å²) in [6.07, 6.45) is 1.36. The van der Waals surface area contributed by atoms with Crippen molar-refractivity contribution in [3.63, 3.8) is 0 Å². The SMILES string of the molecule is Cc1cc(N)cnc1NS(=O)(=O)c1ccccc1C#N. The first kappa shape index (κ1) is 13.8. The van der Waals surface area contributed by atoms with Crippen molar-refractivity contribution in [2.75, 3.05) is 10.5 Å². The Hall–Kier alpha value is -2.59. The van der Waals surface area contributed by atoms with Crippen LogP contribution in [0.15, 0.2) is 41.4 Å². The van der Waals surface area contributed by atoms with E-state index in [1.165, 1.54) is 18.3 Å². The highest BCUT2D eigenvalue weighted by Crippen LogP contribution is 2.21. The Kier molecular flexibility index (Phi) is 3.59. The summed E-state index contributed by atoms with van der Waals surface area (Å²) in [5.41, 5.74) is 6.69. The fourth-order valence-corrected chi connectivity index (χ4v) is 2.92. The predicted molar refractivity (Wildman–Crippen MR) is 75.4 cm³/mol. The molecule has 0 atom stereocenters. The van der Waals surface area contributed by atoms with E-state index in [2.05, 4.69) is 9.71 Å². The Bertz CT molecular complexity index is 794. The zero-order chi connectivity index (χ0) is 14.8. The topological polar surface area (TPSA) is 109 Å². The molecule has 2 rings (SSSR count). The van der Waals surface area contributed by atoms with Crippen LogP contribution in [0.25, 0.3) is 0 Å². The summed E-state index contributed by atoms with van der Waals surface area (Å²) in [5, 5.41) is 8.96. The molecule has 6 nitrogen and oxygen atoms in total. The lowest BCUT2D eigenvalue weighted by Gasteiger charge is -2.10. The Labute approximate surface area is 116 Å². The molecule has 0 aliphatic carbocycles. The van der Waals surface area contributed by atoms with Gasteiger partial charge in [-0.1, -0.05) is 12.1 Å². The maximum absolute atomic E-state index is 12.3. The second-order valence-corrected chi connectivity index (χ2v) is 5.80. The van der Waals surface area contributed by atoms with Gasteiger partial charge in [-0.05, 0) is 30.7 Å². The number of aromatic nitrogens is 1. The van der Waals surface area contributed by atoms with Crippen molar-refractivity contribution in [3.05, 3.63) is 47.7 Å². The molecule has 102 valence electrons. The second kappa shape index (κ2) is 5.19. The maximum atomic E-state index is 12.3. The molecule has 1 aromatic heterocycles. The summed E-state index contributed by atoms with van der Waals surface area (Å²) in [6.45, 7) is 1.69. The van der Waals surface area contributed by atoms with E-state index in [9.17, 15) is 8.42 Å². The Morgan fingerprint density at radius 1 is 1.35 bits per heavy atom. The lowest BCUT2D eigenvalue weighted by atomic mass is 10.2.